The zero-order valence-electron chi connectivity index (χ0n) is 22.6. The summed E-state index contributed by atoms with van der Waals surface area (Å²) in [4.78, 5) is 11.9. The highest BCUT2D eigenvalue weighted by molar-refractivity contribution is 7.82. The summed E-state index contributed by atoms with van der Waals surface area (Å²) in [5.41, 5.74) is 9.21. The minimum Gasteiger partial charge on any atom is -0.495 e. The lowest BCUT2D eigenvalue weighted by Gasteiger charge is -2.24. The number of anilines is 3. The SMILES string of the molecule is COc1cc(Nc2nccc(-c3ccc(OC4CCOCC4)c(N)c3)n2)ccc1S(=O)N1CCC(N(C)C)C1. The van der Waals surface area contributed by atoms with E-state index in [9.17, 15) is 4.21 Å². The lowest BCUT2D eigenvalue weighted by Crippen LogP contribution is -2.32. The fourth-order valence-electron chi connectivity index (χ4n) is 4.81. The Balaban J connectivity index is 1.28. The quantitative estimate of drug-likeness (QED) is 0.384. The molecule has 2 atom stereocenters. The summed E-state index contributed by atoms with van der Waals surface area (Å²) < 4.78 is 32.4. The van der Waals surface area contributed by atoms with E-state index in [0.717, 1.165) is 49.3 Å². The van der Waals surface area contributed by atoms with E-state index >= 15 is 0 Å². The van der Waals surface area contributed by atoms with Gasteiger partial charge in [-0.3, -0.25) is 0 Å². The standard InChI is InChI=1S/C28H36N6O4S/c1-33(2)21-9-13-34(18-21)39(35)27-7-5-20(17-26(27)36-3)31-28-30-12-8-24(32-28)19-4-6-25(23(29)16-19)38-22-10-14-37-15-11-22/h4-8,12,16-17,21-22H,9-11,13-15,18,29H2,1-3H3,(H,30,31,32). The van der Waals surface area contributed by atoms with Crippen molar-refractivity contribution in [2.75, 3.05) is 58.6 Å². The van der Waals surface area contributed by atoms with Gasteiger partial charge in [-0.1, -0.05) is 0 Å². The fraction of sp³-hybridized carbons (Fsp3) is 0.429. The Hall–Kier alpha value is -3.25. The van der Waals surface area contributed by atoms with E-state index in [1.807, 2.05) is 46.8 Å². The third-order valence-corrected chi connectivity index (χ3v) is 8.64. The molecule has 39 heavy (non-hydrogen) atoms. The van der Waals surface area contributed by atoms with Crippen LogP contribution < -0.4 is 20.5 Å². The topological polar surface area (TPSA) is 115 Å². The number of likely N-dealkylation sites (N-methyl/N-ethyl adjacent to an activating group) is 1. The summed E-state index contributed by atoms with van der Waals surface area (Å²) in [6.07, 6.45) is 4.53. The van der Waals surface area contributed by atoms with E-state index in [1.54, 1.807) is 13.3 Å². The van der Waals surface area contributed by atoms with Gasteiger partial charge in [-0.05, 0) is 56.9 Å². The number of nitrogen functional groups attached to an aromatic ring is 1. The summed E-state index contributed by atoms with van der Waals surface area (Å²) in [6, 6.07) is 13.5. The molecule has 2 fully saturated rings. The third-order valence-electron chi connectivity index (χ3n) is 7.12. The average molecular weight is 553 g/mol. The van der Waals surface area contributed by atoms with Gasteiger partial charge in [0.25, 0.3) is 0 Å². The fourth-order valence-corrected chi connectivity index (χ4v) is 6.16. The Kier molecular flexibility index (Phi) is 8.61. The number of rotatable bonds is 9. The molecule has 0 amide bonds. The van der Waals surface area contributed by atoms with Crippen LogP contribution in [0.2, 0.25) is 0 Å². The molecule has 11 heteroatoms. The number of hydrogen-bond acceptors (Lipinski definition) is 9. The molecule has 2 aromatic carbocycles. The number of hydrogen-bond donors (Lipinski definition) is 2. The molecule has 2 aliphatic rings. The third kappa shape index (κ3) is 6.50. The second-order valence-electron chi connectivity index (χ2n) is 9.98. The molecule has 1 aromatic heterocycles. The van der Waals surface area contributed by atoms with E-state index in [4.69, 9.17) is 19.9 Å². The molecular formula is C28H36N6O4S. The molecule has 3 N–H and O–H groups in total. The van der Waals surface area contributed by atoms with Crippen molar-refractivity contribution in [1.29, 1.82) is 0 Å². The normalized spacial score (nSPS) is 19.2. The molecule has 3 heterocycles. The van der Waals surface area contributed by atoms with Gasteiger partial charge < -0.3 is 30.2 Å². The van der Waals surface area contributed by atoms with Gasteiger partial charge >= 0.3 is 0 Å². The zero-order chi connectivity index (χ0) is 27.4. The highest BCUT2D eigenvalue weighted by Crippen LogP contribution is 2.32. The summed E-state index contributed by atoms with van der Waals surface area (Å²) in [7, 11) is 4.40. The molecule has 208 valence electrons. The van der Waals surface area contributed by atoms with Crippen LogP contribution >= 0.6 is 0 Å². The van der Waals surface area contributed by atoms with Crippen molar-refractivity contribution in [3.05, 3.63) is 48.7 Å². The van der Waals surface area contributed by atoms with Crippen LogP contribution in [0.3, 0.4) is 0 Å². The molecule has 2 saturated heterocycles. The first-order valence-electron chi connectivity index (χ1n) is 13.2. The highest BCUT2D eigenvalue weighted by Gasteiger charge is 2.29. The van der Waals surface area contributed by atoms with Gasteiger partial charge in [0.1, 0.15) is 28.6 Å². The lowest BCUT2D eigenvalue weighted by molar-refractivity contribution is 0.0259. The minimum atomic E-state index is -1.30. The Morgan fingerprint density at radius 3 is 2.64 bits per heavy atom. The maximum atomic E-state index is 13.3. The maximum absolute atomic E-state index is 13.3. The van der Waals surface area contributed by atoms with Crippen molar-refractivity contribution in [2.24, 2.45) is 0 Å². The van der Waals surface area contributed by atoms with Crippen LogP contribution in [0.4, 0.5) is 17.3 Å². The zero-order valence-corrected chi connectivity index (χ0v) is 23.4. The maximum Gasteiger partial charge on any atom is 0.227 e. The lowest BCUT2D eigenvalue weighted by atomic mass is 10.1. The molecule has 5 rings (SSSR count). The van der Waals surface area contributed by atoms with Crippen molar-refractivity contribution in [3.63, 3.8) is 0 Å². The summed E-state index contributed by atoms with van der Waals surface area (Å²) >= 11 is 0. The van der Waals surface area contributed by atoms with E-state index in [-0.39, 0.29) is 6.10 Å². The molecular weight excluding hydrogens is 516 g/mol. The van der Waals surface area contributed by atoms with Crippen molar-refractivity contribution in [1.82, 2.24) is 19.2 Å². The predicted molar refractivity (Wildman–Crippen MR) is 153 cm³/mol. The predicted octanol–water partition coefficient (Wildman–Crippen LogP) is 3.69. The number of nitrogens with two attached hydrogens (primary N) is 1. The number of nitrogens with zero attached hydrogens (tertiary/aromatic N) is 4. The molecule has 0 saturated carbocycles. The molecule has 0 bridgehead atoms. The van der Waals surface area contributed by atoms with Gasteiger partial charge in [0, 0.05) is 55.5 Å². The molecule has 0 aliphatic carbocycles. The van der Waals surface area contributed by atoms with E-state index in [1.165, 1.54) is 0 Å². The van der Waals surface area contributed by atoms with Crippen LogP contribution in [0, 0.1) is 0 Å². The van der Waals surface area contributed by atoms with Gasteiger partial charge in [0.05, 0.1) is 36.6 Å². The molecule has 2 unspecified atom stereocenters. The Morgan fingerprint density at radius 1 is 1.10 bits per heavy atom. The minimum absolute atomic E-state index is 0.118. The van der Waals surface area contributed by atoms with Gasteiger partial charge in [-0.2, -0.15) is 0 Å². The van der Waals surface area contributed by atoms with Crippen molar-refractivity contribution >= 4 is 28.3 Å². The summed E-state index contributed by atoms with van der Waals surface area (Å²) in [5.74, 6) is 1.65. The van der Waals surface area contributed by atoms with E-state index in [0.29, 0.717) is 47.3 Å². The second-order valence-corrected chi connectivity index (χ2v) is 11.4. The number of ether oxygens (including phenoxy) is 3. The van der Waals surface area contributed by atoms with Crippen molar-refractivity contribution in [2.45, 2.75) is 36.3 Å². The first-order valence-corrected chi connectivity index (χ1v) is 14.3. The smallest absolute Gasteiger partial charge is 0.227 e. The first kappa shape index (κ1) is 27.3. The first-order chi connectivity index (χ1) is 18.9. The van der Waals surface area contributed by atoms with Gasteiger partial charge in [0.2, 0.25) is 5.95 Å². The molecule has 0 spiro atoms. The number of aromatic nitrogens is 2. The molecule has 0 radical (unpaired) electrons. The second kappa shape index (κ2) is 12.3. The summed E-state index contributed by atoms with van der Waals surface area (Å²) in [6.45, 7) is 2.96. The molecule has 3 aromatic rings. The van der Waals surface area contributed by atoms with Crippen LogP contribution in [0.25, 0.3) is 11.3 Å². The van der Waals surface area contributed by atoms with E-state index in [2.05, 4.69) is 34.3 Å². The van der Waals surface area contributed by atoms with Crippen LogP contribution in [0.15, 0.2) is 53.6 Å². The van der Waals surface area contributed by atoms with Gasteiger partial charge in [0.15, 0.2) is 0 Å². The number of nitrogens with one attached hydrogen (secondary N) is 1. The summed E-state index contributed by atoms with van der Waals surface area (Å²) in [5, 5.41) is 3.24. The van der Waals surface area contributed by atoms with Gasteiger partial charge in [-0.25, -0.2) is 18.5 Å². The van der Waals surface area contributed by atoms with Gasteiger partial charge in [-0.15, -0.1) is 0 Å². The average Bonchev–Trinajstić information content (AvgIpc) is 3.45. The number of methoxy groups -OCH3 is 1. The Bertz CT molecular complexity index is 1320. The monoisotopic (exact) mass is 552 g/mol. The van der Waals surface area contributed by atoms with Crippen LogP contribution in [-0.2, 0) is 15.7 Å². The van der Waals surface area contributed by atoms with Crippen LogP contribution in [0.5, 0.6) is 11.5 Å². The van der Waals surface area contributed by atoms with Crippen molar-refractivity contribution in [3.8, 4) is 22.8 Å². The Labute approximate surface area is 232 Å². The molecule has 2 aliphatic heterocycles. The largest absolute Gasteiger partial charge is 0.495 e. The molecule has 10 nitrogen and oxygen atoms in total. The highest BCUT2D eigenvalue weighted by atomic mass is 32.2. The van der Waals surface area contributed by atoms with Crippen molar-refractivity contribution < 1.29 is 18.4 Å². The Morgan fingerprint density at radius 2 is 1.92 bits per heavy atom. The van der Waals surface area contributed by atoms with Crippen LogP contribution in [0.1, 0.15) is 19.3 Å². The van der Waals surface area contributed by atoms with E-state index < -0.39 is 11.0 Å². The van der Waals surface area contributed by atoms with Crippen LogP contribution in [-0.4, -0.2) is 83.0 Å². The number of benzene rings is 2.